The summed E-state index contributed by atoms with van der Waals surface area (Å²) in [6.45, 7) is 4.32. The van der Waals surface area contributed by atoms with Crippen LogP contribution < -0.4 is 4.74 Å². The maximum Gasteiger partial charge on any atom is 0.173 e. The van der Waals surface area contributed by atoms with Crippen molar-refractivity contribution in [3.8, 4) is 28.0 Å². The highest BCUT2D eigenvalue weighted by atomic mass is 19.2. The number of aryl methyl sites for hydroxylation is 1. The van der Waals surface area contributed by atoms with E-state index in [9.17, 15) is 13.2 Å². The van der Waals surface area contributed by atoms with Crippen molar-refractivity contribution in [1.82, 2.24) is 0 Å². The minimum absolute atomic E-state index is 0.0582. The maximum atomic E-state index is 14.9. The average Bonchev–Trinajstić information content (AvgIpc) is 2.76. The Morgan fingerprint density at radius 3 is 2.16 bits per heavy atom. The molecule has 0 spiro atoms. The molecule has 0 atom stereocenters. The molecule has 31 heavy (non-hydrogen) atoms. The molecule has 0 aromatic heterocycles. The fraction of sp³-hybridized carbons (Fsp3) is 0.556. The quantitative estimate of drug-likeness (QED) is 0.309. The average molecular weight is 431 g/mol. The molecule has 2 aliphatic rings. The van der Waals surface area contributed by atoms with Crippen LogP contribution in [0.1, 0.15) is 77.2 Å². The van der Waals surface area contributed by atoms with Crippen LogP contribution in [-0.4, -0.2) is 6.61 Å². The standard InChI is InChI=1S/C27H33F3O/c1-3-5-6-7-17-8-10-18(11-9-17)12-13-19-16-21-20-14-15-22(31-4-2)26(29)23(20)24(21)27(30)25(19)28/h14-18H,3-13H2,1-2H3. The second kappa shape index (κ2) is 9.67. The van der Waals surface area contributed by atoms with Crippen LogP contribution in [0.5, 0.6) is 5.75 Å². The van der Waals surface area contributed by atoms with E-state index in [1.54, 1.807) is 25.1 Å². The van der Waals surface area contributed by atoms with Crippen LogP contribution in [-0.2, 0) is 6.42 Å². The second-order valence-corrected chi connectivity index (χ2v) is 9.24. The van der Waals surface area contributed by atoms with Gasteiger partial charge in [-0.05, 0) is 66.5 Å². The van der Waals surface area contributed by atoms with Crippen LogP contribution in [0.15, 0.2) is 18.2 Å². The Balaban J connectivity index is 1.41. The molecule has 0 amide bonds. The monoisotopic (exact) mass is 430 g/mol. The van der Waals surface area contributed by atoms with Gasteiger partial charge in [-0.15, -0.1) is 0 Å². The van der Waals surface area contributed by atoms with Gasteiger partial charge < -0.3 is 4.74 Å². The number of fused-ring (bicyclic) bond motifs is 4. The zero-order valence-electron chi connectivity index (χ0n) is 18.7. The number of hydrogen-bond acceptors (Lipinski definition) is 1. The highest BCUT2D eigenvalue weighted by molar-refractivity contribution is 6.03. The third kappa shape index (κ3) is 4.36. The van der Waals surface area contributed by atoms with E-state index < -0.39 is 17.5 Å². The number of halogens is 3. The van der Waals surface area contributed by atoms with Gasteiger partial charge in [-0.3, -0.25) is 0 Å². The van der Waals surface area contributed by atoms with Crippen molar-refractivity contribution in [2.75, 3.05) is 6.61 Å². The molecule has 0 heterocycles. The van der Waals surface area contributed by atoms with Gasteiger partial charge in [0.25, 0.3) is 0 Å². The van der Waals surface area contributed by atoms with Gasteiger partial charge in [-0.2, -0.15) is 0 Å². The lowest BCUT2D eigenvalue weighted by atomic mass is 9.76. The Hall–Kier alpha value is -1.97. The maximum absolute atomic E-state index is 14.9. The largest absolute Gasteiger partial charge is 0.491 e. The Morgan fingerprint density at radius 1 is 0.806 bits per heavy atom. The summed E-state index contributed by atoms with van der Waals surface area (Å²) in [7, 11) is 0. The van der Waals surface area contributed by atoms with E-state index in [0.717, 1.165) is 12.3 Å². The third-order valence-corrected chi connectivity index (χ3v) is 7.23. The number of benzene rings is 2. The first-order chi connectivity index (χ1) is 15.0. The van der Waals surface area contributed by atoms with E-state index in [4.69, 9.17) is 4.74 Å². The van der Waals surface area contributed by atoms with Crippen LogP contribution in [0, 0.1) is 29.3 Å². The van der Waals surface area contributed by atoms with Crippen molar-refractivity contribution in [1.29, 1.82) is 0 Å². The molecule has 0 bridgehead atoms. The molecule has 0 saturated heterocycles. The highest BCUT2D eigenvalue weighted by Crippen LogP contribution is 2.52. The Morgan fingerprint density at radius 2 is 1.48 bits per heavy atom. The Bertz CT molecular complexity index is 929. The normalized spacial score (nSPS) is 19.5. The molecule has 4 heteroatoms. The predicted octanol–water partition coefficient (Wildman–Crippen LogP) is 8.47. The number of unbranched alkanes of at least 4 members (excludes halogenated alkanes) is 2. The van der Waals surface area contributed by atoms with Gasteiger partial charge in [0.15, 0.2) is 23.2 Å². The molecule has 0 unspecified atom stereocenters. The molecule has 0 aliphatic heterocycles. The molecule has 1 nitrogen and oxygen atoms in total. The molecule has 0 N–H and O–H groups in total. The van der Waals surface area contributed by atoms with Crippen LogP contribution >= 0.6 is 0 Å². The molecule has 1 saturated carbocycles. The molecule has 1 fully saturated rings. The van der Waals surface area contributed by atoms with Gasteiger partial charge in [0, 0.05) is 11.1 Å². The SMILES string of the molecule is CCCCCC1CCC(CCc2cc3c(c(F)c2F)-c2c-3ccc(OCC)c2F)CC1. The first-order valence-electron chi connectivity index (χ1n) is 12.0. The van der Waals surface area contributed by atoms with Gasteiger partial charge in [0.2, 0.25) is 0 Å². The smallest absolute Gasteiger partial charge is 0.173 e. The van der Waals surface area contributed by atoms with E-state index in [-0.39, 0.29) is 16.9 Å². The van der Waals surface area contributed by atoms with Crippen molar-refractivity contribution in [3.63, 3.8) is 0 Å². The van der Waals surface area contributed by atoms with Crippen LogP contribution in [0.4, 0.5) is 13.2 Å². The lowest BCUT2D eigenvalue weighted by Crippen LogP contribution is -2.16. The van der Waals surface area contributed by atoms with E-state index in [0.29, 0.717) is 35.6 Å². The molecular weight excluding hydrogens is 397 g/mol. The van der Waals surface area contributed by atoms with Crippen molar-refractivity contribution in [3.05, 3.63) is 41.2 Å². The second-order valence-electron chi connectivity index (χ2n) is 9.24. The van der Waals surface area contributed by atoms with Crippen LogP contribution in [0.3, 0.4) is 0 Å². The molecular formula is C27H33F3O. The van der Waals surface area contributed by atoms with Gasteiger partial charge in [-0.25, -0.2) is 13.2 Å². The zero-order valence-corrected chi connectivity index (χ0v) is 18.7. The van der Waals surface area contributed by atoms with Crippen molar-refractivity contribution in [2.45, 2.75) is 78.1 Å². The van der Waals surface area contributed by atoms with Gasteiger partial charge in [0.05, 0.1) is 6.61 Å². The van der Waals surface area contributed by atoms with E-state index >= 15 is 0 Å². The van der Waals surface area contributed by atoms with Crippen molar-refractivity contribution < 1.29 is 17.9 Å². The van der Waals surface area contributed by atoms with Crippen molar-refractivity contribution >= 4 is 0 Å². The topological polar surface area (TPSA) is 9.23 Å². The van der Waals surface area contributed by atoms with Crippen molar-refractivity contribution in [2.24, 2.45) is 11.8 Å². The van der Waals surface area contributed by atoms with Gasteiger partial charge in [-0.1, -0.05) is 58.3 Å². The Labute approximate surface area is 184 Å². The fourth-order valence-electron chi connectivity index (χ4n) is 5.40. The summed E-state index contributed by atoms with van der Waals surface area (Å²) >= 11 is 0. The van der Waals surface area contributed by atoms with Crippen LogP contribution in [0.25, 0.3) is 22.3 Å². The van der Waals surface area contributed by atoms with Gasteiger partial charge in [0.1, 0.15) is 0 Å². The molecule has 4 rings (SSSR count). The predicted molar refractivity (Wildman–Crippen MR) is 120 cm³/mol. The molecule has 2 aliphatic carbocycles. The number of ether oxygens (including phenoxy) is 1. The van der Waals surface area contributed by atoms with E-state index in [1.165, 1.54) is 51.4 Å². The fourth-order valence-corrected chi connectivity index (χ4v) is 5.40. The summed E-state index contributed by atoms with van der Waals surface area (Å²) in [4.78, 5) is 0. The lowest BCUT2D eigenvalue weighted by Gasteiger charge is -2.29. The minimum Gasteiger partial charge on any atom is -0.491 e. The van der Waals surface area contributed by atoms with E-state index in [2.05, 4.69) is 6.92 Å². The first-order valence-corrected chi connectivity index (χ1v) is 12.0. The third-order valence-electron chi connectivity index (χ3n) is 7.23. The summed E-state index contributed by atoms with van der Waals surface area (Å²) in [5.74, 6) is -0.823. The molecule has 2 aromatic rings. The molecule has 0 radical (unpaired) electrons. The number of rotatable bonds is 9. The highest BCUT2D eigenvalue weighted by Gasteiger charge is 2.34. The Kier molecular flexibility index (Phi) is 6.93. The molecule has 2 aromatic carbocycles. The lowest BCUT2D eigenvalue weighted by molar-refractivity contribution is 0.248. The summed E-state index contributed by atoms with van der Waals surface area (Å²) in [5, 5.41) is 0. The van der Waals surface area contributed by atoms with Crippen LogP contribution in [0.2, 0.25) is 0 Å². The minimum atomic E-state index is -0.924. The molecule has 168 valence electrons. The summed E-state index contributed by atoms with van der Waals surface area (Å²) in [5.41, 5.74) is 1.88. The summed E-state index contributed by atoms with van der Waals surface area (Å²) in [6, 6.07) is 5.04. The van der Waals surface area contributed by atoms with E-state index in [1.807, 2.05) is 0 Å². The number of hydrogen-bond donors (Lipinski definition) is 0. The first kappa shape index (κ1) is 22.2. The summed E-state index contributed by atoms with van der Waals surface area (Å²) in [6.07, 6.45) is 11.6. The van der Waals surface area contributed by atoms with Gasteiger partial charge >= 0.3 is 0 Å². The zero-order chi connectivity index (χ0) is 22.0. The summed E-state index contributed by atoms with van der Waals surface area (Å²) < 4.78 is 49.6.